The van der Waals surface area contributed by atoms with Crippen LogP contribution in [0.15, 0.2) is 36.4 Å². The van der Waals surface area contributed by atoms with Crippen LogP contribution in [-0.2, 0) is 4.79 Å². The number of nitrogens with one attached hydrogen (secondary N) is 1. The van der Waals surface area contributed by atoms with E-state index in [0.717, 1.165) is 11.3 Å². The molecule has 1 unspecified atom stereocenters. The summed E-state index contributed by atoms with van der Waals surface area (Å²) in [6, 6.07) is 5.60. The first-order valence-corrected chi connectivity index (χ1v) is 12.5. The molecule has 208 valence electrons. The molecule has 9 heteroatoms. The van der Waals surface area contributed by atoms with Crippen LogP contribution < -0.4 is 11.1 Å². The minimum absolute atomic E-state index is 0.182. The van der Waals surface area contributed by atoms with Crippen molar-refractivity contribution in [3.8, 4) is 11.1 Å². The van der Waals surface area contributed by atoms with Crippen LogP contribution >= 0.6 is 0 Å². The quantitative estimate of drug-likeness (QED) is 0.384. The maximum atomic E-state index is 14.1. The molecule has 0 saturated heterocycles. The molecule has 0 saturated carbocycles. The second-order valence-electron chi connectivity index (χ2n) is 9.19. The third-order valence-electron chi connectivity index (χ3n) is 5.05. The zero-order valence-corrected chi connectivity index (χ0v) is 23.0. The van der Waals surface area contributed by atoms with Crippen molar-refractivity contribution >= 4 is 11.9 Å². The minimum Gasteiger partial charge on any atom is -0.394 e. The van der Waals surface area contributed by atoms with Crippen LogP contribution in [0.1, 0.15) is 72.4 Å². The Kier molecular flexibility index (Phi) is 15.4. The number of hydrogen-bond acceptors (Lipinski definition) is 4. The molecule has 0 radical (unpaired) electrons. The maximum Gasteiger partial charge on any atom is 0.324 e. The predicted octanol–water partition coefficient (Wildman–Crippen LogP) is 6.18. The summed E-state index contributed by atoms with van der Waals surface area (Å²) in [6.45, 7) is 11.5. The highest BCUT2D eigenvalue weighted by molar-refractivity contribution is 5.94. The first kappa shape index (κ1) is 34.1. The van der Waals surface area contributed by atoms with Crippen LogP contribution in [0.4, 0.5) is 18.0 Å². The molecule has 37 heavy (non-hydrogen) atoms. The van der Waals surface area contributed by atoms with Gasteiger partial charge in [-0.25, -0.2) is 18.0 Å². The summed E-state index contributed by atoms with van der Waals surface area (Å²) in [7, 11) is 1.50. The number of nitrogens with zero attached hydrogens (tertiary/aromatic N) is 1. The van der Waals surface area contributed by atoms with E-state index in [0.29, 0.717) is 24.1 Å². The SMILES string of the molecule is CC.CCCCN(C(=O)CC(C)(C)C)C(=O)NC(CO)c1ccc(-c2c(F)cc(F)cc2F)cc1.CN. The smallest absolute Gasteiger partial charge is 0.324 e. The molecule has 0 aliphatic rings. The van der Waals surface area contributed by atoms with E-state index >= 15 is 0 Å². The zero-order valence-electron chi connectivity index (χ0n) is 23.0. The molecule has 0 aliphatic heterocycles. The van der Waals surface area contributed by atoms with Crippen LogP contribution in [0.25, 0.3) is 11.1 Å². The number of unbranched alkanes of at least 4 members (excludes halogenated alkanes) is 1. The van der Waals surface area contributed by atoms with E-state index in [2.05, 4.69) is 11.1 Å². The van der Waals surface area contributed by atoms with Crippen molar-refractivity contribution in [3.05, 3.63) is 59.4 Å². The summed E-state index contributed by atoms with van der Waals surface area (Å²) < 4.78 is 41.3. The second kappa shape index (κ2) is 16.8. The lowest BCUT2D eigenvalue weighted by Crippen LogP contribution is -2.47. The average Bonchev–Trinajstić information content (AvgIpc) is 2.84. The molecule has 2 aromatic rings. The fourth-order valence-corrected chi connectivity index (χ4v) is 3.37. The molecule has 4 N–H and O–H groups in total. The largest absolute Gasteiger partial charge is 0.394 e. The third-order valence-corrected chi connectivity index (χ3v) is 5.05. The Hall–Kier alpha value is -2.91. The Morgan fingerprint density at radius 3 is 1.97 bits per heavy atom. The van der Waals surface area contributed by atoms with Gasteiger partial charge in [-0.1, -0.05) is 72.2 Å². The lowest BCUT2D eigenvalue weighted by Gasteiger charge is -2.27. The van der Waals surface area contributed by atoms with Gasteiger partial charge in [0.25, 0.3) is 0 Å². The Morgan fingerprint density at radius 1 is 1.03 bits per heavy atom. The number of hydrogen-bond donors (Lipinski definition) is 3. The van der Waals surface area contributed by atoms with Gasteiger partial charge >= 0.3 is 6.03 Å². The van der Waals surface area contributed by atoms with Crippen molar-refractivity contribution in [2.75, 3.05) is 20.2 Å². The highest BCUT2D eigenvalue weighted by Gasteiger charge is 2.27. The van der Waals surface area contributed by atoms with Gasteiger partial charge < -0.3 is 16.2 Å². The monoisotopic (exact) mass is 525 g/mol. The van der Waals surface area contributed by atoms with Crippen molar-refractivity contribution in [1.82, 2.24) is 10.2 Å². The summed E-state index contributed by atoms with van der Waals surface area (Å²) in [4.78, 5) is 26.7. The summed E-state index contributed by atoms with van der Waals surface area (Å²) in [6.07, 6.45) is 1.64. The van der Waals surface area contributed by atoms with E-state index in [4.69, 9.17) is 0 Å². The van der Waals surface area contributed by atoms with Gasteiger partial charge in [-0.05, 0) is 30.0 Å². The number of aliphatic hydroxyl groups is 1. The van der Waals surface area contributed by atoms with Gasteiger partial charge in [0.15, 0.2) is 0 Å². The van der Waals surface area contributed by atoms with Crippen molar-refractivity contribution in [2.24, 2.45) is 11.1 Å². The van der Waals surface area contributed by atoms with Gasteiger partial charge in [0.05, 0.1) is 18.2 Å². The Balaban J connectivity index is 0.00000308. The first-order valence-electron chi connectivity index (χ1n) is 12.5. The molecule has 2 aromatic carbocycles. The van der Waals surface area contributed by atoms with Crippen LogP contribution in [0.5, 0.6) is 0 Å². The molecule has 0 heterocycles. The van der Waals surface area contributed by atoms with E-state index in [-0.39, 0.29) is 35.4 Å². The van der Waals surface area contributed by atoms with Gasteiger partial charge in [0.2, 0.25) is 5.91 Å². The number of aliphatic hydroxyl groups excluding tert-OH is 1. The topological polar surface area (TPSA) is 95.7 Å². The number of urea groups is 1. The van der Waals surface area contributed by atoms with Gasteiger partial charge in [-0.2, -0.15) is 0 Å². The normalized spacial score (nSPS) is 11.4. The zero-order chi connectivity index (χ0) is 28.8. The standard InChI is InChI=1S/C25H31F3N2O3.C2H6.CH5N/c1-5-6-11-30(22(32)14-25(2,3)4)24(33)29-21(15-31)16-7-9-17(10-8-16)23-19(27)12-18(26)13-20(23)28;2*1-2/h7-10,12-13,21,31H,5-6,11,14-15H2,1-4H3,(H,29,33);1-2H3;2H2,1H3. The Bertz CT molecular complexity index is 954. The molecule has 0 bridgehead atoms. The second-order valence-corrected chi connectivity index (χ2v) is 9.19. The van der Waals surface area contributed by atoms with Gasteiger partial charge in [0.1, 0.15) is 17.5 Å². The number of carbonyl (C=O) groups is 2. The number of nitrogens with two attached hydrogens (primary N) is 1. The van der Waals surface area contributed by atoms with E-state index in [1.165, 1.54) is 31.3 Å². The molecule has 0 aliphatic carbocycles. The Morgan fingerprint density at radius 2 is 1.54 bits per heavy atom. The molecule has 0 spiro atoms. The Labute approximate surface area is 219 Å². The number of benzene rings is 2. The van der Waals surface area contributed by atoms with E-state index < -0.39 is 36.1 Å². The summed E-state index contributed by atoms with van der Waals surface area (Å²) in [5, 5.41) is 12.5. The van der Waals surface area contributed by atoms with Gasteiger partial charge in [0, 0.05) is 25.1 Å². The summed E-state index contributed by atoms with van der Waals surface area (Å²) in [5.41, 5.74) is 4.50. The maximum absolute atomic E-state index is 14.1. The molecular weight excluding hydrogens is 483 g/mol. The fraction of sp³-hybridized carbons (Fsp3) is 0.500. The molecular formula is C28H42F3N3O3. The van der Waals surface area contributed by atoms with E-state index in [1.54, 1.807) is 0 Å². The third kappa shape index (κ3) is 10.9. The highest BCUT2D eigenvalue weighted by Crippen LogP contribution is 2.28. The highest BCUT2D eigenvalue weighted by atomic mass is 19.1. The van der Waals surface area contributed by atoms with Crippen LogP contribution in [0.3, 0.4) is 0 Å². The van der Waals surface area contributed by atoms with Crippen molar-refractivity contribution in [1.29, 1.82) is 0 Å². The predicted molar refractivity (Wildman–Crippen MR) is 142 cm³/mol. The molecule has 0 aromatic heterocycles. The van der Waals surface area contributed by atoms with E-state index in [1.807, 2.05) is 41.5 Å². The summed E-state index contributed by atoms with van der Waals surface area (Å²) in [5.74, 6) is -3.38. The lowest BCUT2D eigenvalue weighted by molar-refractivity contribution is -0.130. The van der Waals surface area contributed by atoms with Crippen molar-refractivity contribution in [2.45, 2.75) is 66.8 Å². The minimum atomic E-state index is -1.03. The van der Waals surface area contributed by atoms with Crippen LogP contribution in [0.2, 0.25) is 0 Å². The fourth-order valence-electron chi connectivity index (χ4n) is 3.37. The molecule has 2 rings (SSSR count). The molecule has 0 fully saturated rings. The number of imide groups is 1. The van der Waals surface area contributed by atoms with Crippen molar-refractivity contribution < 1.29 is 27.9 Å². The molecule has 1 atom stereocenters. The van der Waals surface area contributed by atoms with Crippen LogP contribution in [-0.4, -0.2) is 42.1 Å². The lowest BCUT2D eigenvalue weighted by atomic mass is 9.91. The van der Waals surface area contributed by atoms with Gasteiger partial charge in [-0.15, -0.1) is 0 Å². The number of halogens is 3. The van der Waals surface area contributed by atoms with Crippen molar-refractivity contribution in [3.63, 3.8) is 0 Å². The number of amides is 3. The first-order chi connectivity index (χ1) is 17.5. The van der Waals surface area contributed by atoms with E-state index in [9.17, 15) is 27.9 Å². The van der Waals surface area contributed by atoms with Gasteiger partial charge in [-0.3, -0.25) is 9.69 Å². The summed E-state index contributed by atoms with van der Waals surface area (Å²) >= 11 is 0. The average molecular weight is 526 g/mol. The van der Waals surface area contributed by atoms with Crippen LogP contribution in [0, 0.1) is 22.9 Å². The number of rotatable bonds is 8. The molecule has 3 amide bonds. The molecule has 6 nitrogen and oxygen atoms in total. The number of carbonyl (C=O) groups excluding carboxylic acids is 2.